The maximum Gasteiger partial charge on any atom is 0.250 e. The number of carbonyl (C=O) groups excluding carboxylic acids is 1. The Morgan fingerprint density at radius 2 is 1.72 bits per heavy atom. The second-order valence-corrected chi connectivity index (χ2v) is 9.15. The van der Waals surface area contributed by atoms with Crippen LogP contribution in [0.1, 0.15) is 29.8 Å². The number of rotatable bonds is 4. The van der Waals surface area contributed by atoms with Crippen molar-refractivity contribution in [3.05, 3.63) is 52.7 Å². The Morgan fingerprint density at radius 1 is 1.03 bits per heavy atom. The number of aryl methyl sites for hydroxylation is 3. The molecule has 1 N–H and O–H groups in total. The van der Waals surface area contributed by atoms with Crippen molar-refractivity contribution in [1.82, 2.24) is 24.6 Å². The van der Waals surface area contributed by atoms with E-state index in [0.717, 1.165) is 59.5 Å². The minimum atomic E-state index is -0.0738. The molecule has 0 bridgehead atoms. The third-order valence-electron chi connectivity index (χ3n) is 5.78. The van der Waals surface area contributed by atoms with E-state index in [1.165, 1.54) is 16.9 Å². The first-order valence-corrected chi connectivity index (χ1v) is 11.6. The highest BCUT2D eigenvalue weighted by Crippen LogP contribution is 2.27. The molecular weight excluding hydrogens is 422 g/mol. The van der Waals surface area contributed by atoms with Gasteiger partial charge in [0.25, 0.3) is 0 Å². The molecule has 0 spiro atoms. The molecule has 1 aromatic carbocycles. The lowest BCUT2D eigenvalue weighted by Crippen LogP contribution is -2.39. The van der Waals surface area contributed by atoms with E-state index in [2.05, 4.69) is 61.5 Å². The molecule has 0 radical (unpaired) electrons. The molecule has 3 aromatic heterocycles. The standard InChI is InChI=1S/C23H25N7OS/c1-14-4-6-17(7-5-14)19-13-32-23-27-21(28-30(19)23)26-20(31)18-8-10-29(11-9-18)22-24-15(2)12-16(3)25-22/h4-7,12-13,18H,8-11H2,1-3H3,(H,26,28,31). The van der Waals surface area contributed by atoms with Crippen molar-refractivity contribution in [2.75, 3.05) is 23.3 Å². The molecule has 0 unspecified atom stereocenters. The number of nitrogens with zero attached hydrogens (tertiary/aromatic N) is 6. The van der Waals surface area contributed by atoms with Gasteiger partial charge >= 0.3 is 0 Å². The Hall–Kier alpha value is -3.33. The minimum absolute atomic E-state index is 0.0267. The summed E-state index contributed by atoms with van der Waals surface area (Å²) in [6.07, 6.45) is 1.50. The Bertz CT molecular complexity index is 1250. The lowest BCUT2D eigenvalue weighted by Gasteiger charge is -2.31. The van der Waals surface area contributed by atoms with E-state index in [0.29, 0.717) is 5.95 Å². The van der Waals surface area contributed by atoms with Gasteiger partial charge in [-0.1, -0.05) is 29.8 Å². The highest BCUT2D eigenvalue weighted by Gasteiger charge is 2.27. The Balaban J connectivity index is 1.25. The van der Waals surface area contributed by atoms with Crippen molar-refractivity contribution in [3.63, 3.8) is 0 Å². The number of carbonyl (C=O) groups is 1. The first kappa shape index (κ1) is 20.6. The molecule has 8 nitrogen and oxygen atoms in total. The van der Waals surface area contributed by atoms with E-state index in [9.17, 15) is 4.79 Å². The van der Waals surface area contributed by atoms with Crippen LogP contribution in [-0.2, 0) is 4.79 Å². The van der Waals surface area contributed by atoms with Gasteiger partial charge in [0, 0.05) is 41.3 Å². The summed E-state index contributed by atoms with van der Waals surface area (Å²) in [6.45, 7) is 7.53. The number of fused-ring (bicyclic) bond motifs is 1. The molecule has 0 atom stereocenters. The van der Waals surface area contributed by atoms with Gasteiger partial charge < -0.3 is 4.90 Å². The summed E-state index contributed by atoms with van der Waals surface area (Å²) >= 11 is 1.51. The van der Waals surface area contributed by atoms with Crippen molar-refractivity contribution in [3.8, 4) is 11.3 Å². The fourth-order valence-electron chi connectivity index (χ4n) is 4.06. The molecule has 5 rings (SSSR count). The quantitative estimate of drug-likeness (QED) is 0.508. The third-order valence-corrected chi connectivity index (χ3v) is 6.60. The second kappa shape index (κ2) is 8.31. The summed E-state index contributed by atoms with van der Waals surface area (Å²) < 4.78 is 1.80. The highest BCUT2D eigenvalue weighted by molar-refractivity contribution is 7.15. The maximum absolute atomic E-state index is 12.9. The summed E-state index contributed by atoms with van der Waals surface area (Å²) in [6, 6.07) is 10.3. The van der Waals surface area contributed by atoms with Crippen LogP contribution in [-0.4, -0.2) is 43.6 Å². The molecule has 4 aromatic rings. The van der Waals surface area contributed by atoms with Crippen molar-refractivity contribution < 1.29 is 4.79 Å². The third kappa shape index (κ3) is 4.08. The largest absolute Gasteiger partial charge is 0.341 e. The van der Waals surface area contributed by atoms with Gasteiger partial charge in [0.1, 0.15) is 0 Å². The number of hydrogen-bond acceptors (Lipinski definition) is 7. The number of hydrogen-bond donors (Lipinski definition) is 1. The lowest BCUT2D eigenvalue weighted by molar-refractivity contribution is -0.120. The van der Waals surface area contributed by atoms with E-state index in [1.807, 2.05) is 25.3 Å². The first-order chi connectivity index (χ1) is 15.5. The predicted molar refractivity (Wildman–Crippen MR) is 126 cm³/mol. The van der Waals surface area contributed by atoms with Crippen LogP contribution in [0.5, 0.6) is 0 Å². The summed E-state index contributed by atoms with van der Waals surface area (Å²) in [7, 11) is 0. The van der Waals surface area contributed by atoms with E-state index >= 15 is 0 Å². The Labute approximate surface area is 190 Å². The van der Waals surface area contributed by atoms with Crippen molar-refractivity contribution >= 4 is 34.1 Å². The predicted octanol–water partition coefficient (Wildman–Crippen LogP) is 4.03. The molecule has 4 heterocycles. The maximum atomic E-state index is 12.9. The monoisotopic (exact) mass is 447 g/mol. The number of anilines is 2. The van der Waals surface area contributed by atoms with Crippen LogP contribution in [0.3, 0.4) is 0 Å². The number of piperidine rings is 1. The van der Waals surface area contributed by atoms with Crippen molar-refractivity contribution in [1.29, 1.82) is 0 Å². The Morgan fingerprint density at radius 3 is 2.41 bits per heavy atom. The SMILES string of the molecule is Cc1ccc(-c2csc3nc(NC(=O)C4CCN(c5nc(C)cc(C)n5)CC4)nn23)cc1. The van der Waals surface area contributed by atoms with E-state index in [1.54, 1.807) is 4.52 Å². The number of benzene rings is 1. The molecule has 0 aliphatic carbocycles. The van der Waals surface area contributed by atoms with E-state index < -0.39 is 0 Å². The molecule has 1 aliphatic rings. The zero-order valence-corrected chi connectivity index (χ0v) is 19.2. The zero-order chi connectivity index (χ0) is 22.2. The van der Waals surface area contributed by atoms with Crippen LogP contribution in [0.25, 0.3) is 16.2 Å². The topological polar surface area (TPSA) is 88.3 Å². The first-order valence-electron chi connectivity index (χ1n) is 10.8. The molecular formula is C23H25N7OS. The van der Waals surface area contributed by atoms with Gasteiger partial charge in [0.05, 0.1) is 5.69 Å². The number of nitrogens with one attached hydrogen (secondary N) is 1. The van der Waals surface area contributed by atoms with Crippen LogP contribution in [0.2, 0.25) is 0 Å². The van der Waals surface area contributed by atoms with Gasteiger partial charge in [-0.05, 0) is 39.7 Å². The molecule has 9 heteroatoms. The number of thiazole rings is 1. The average molecular weight is 448 g/mol. The van der Waals surface area contributed by atoms with Gasteiger partial charge in [-0.25, -0.2) is 14.5 Å². The minimum Gasteiger partial charge on any atom is -0.341 e. The van der Waals surface area contributed by atoms with E-state index in [-0.39, 0.29) is 11.8 Å². The molecule has 1 fully saturated rings. The van der Waals surface area contributed by atoms with Gasteiger partial charge in [-0.3, -0.25) is 10.1 Å². The van der Waals surface area contributed by atoms with E-state index in [4.69, 9.17) is 0 Å². The highest BCUT2D eigenvalue weighted by atomic mass is 32.1. The summed E-state index contributed by atoms with van der Waals surface area (Å²) in [4.78, 5) is 29.4. The van der Waals surface area contributed by atoms with Crippen molar-refractivity contribution in [2.45, 2.75) is 33.6 Å². The van der Waals surface area contributed by atoms with Gasteiger partial charge in [0.2, 0.25) is 22.8 Å². The lowest BCUT2D eigenvalue weighted by atomic mass is 9.96. The van der Waals surface area contributed by atoms with Crippen LogP contribution in [0, 0.1) is 26.7 Å². The van der Waals surface area contributed by atoms with Gasteiger partial charge in [-0.2, -0.15) is 4.98 Å². The van der Waals surface area contributed by atoms with Crippen LogP contribution >= 0.6 is 11.3 Å². The summed E-state index contributed by atoms with van der Waals surface area (Å²) in [5.74, 6) is 1.01. The van der Waals surface area contributed by atoms with Crippen LogP contribution in [0.4, 0.5) is 11.9 Å². The smallest absolute Gasteiger partial charge is 0.250 e. The summed E-state index contributed by atoms with van der Waals surface area (Å²) in [5, 5.41) is 9.50. The Kier molecular flexibility index (Phi) is 5.34. The molecule has 32 heavy (non-hydrogen) atoms. The number of amides is 1. The van der Waals surface area contributed by atoms with Crippen LogP contribution in [0.15, 0.2) is 35.7 Å². The normalized spacial score (nSPS) is 14.8. The zero-order valence-electron chi connectivity index (χ0n) is 18.4. The van der Waals surface area contributed by atoms with Crippen LogP contribution < -0.4 is 10.2 Å². The summed E-state index contributed by atoms with van der Waals surface area (Å²) in [5.41, 5.74) is 5.18. The number of aromatic nitrogens is 5. The fourth-order valence-corrected chi connectivity index (χ4v) is 4.89. The fraction of sp³-hybridized carbons (Fsp3) is 0.348. The molecule has 164 valence electrons. The molecule has 1 saturated heterocycles. The van der Waals surface area contributed by atoms with Gasteiger partial charge in [0.15, 0.2) is 0 Å². The van der Waals surface area contributed by atoms with Gasteiger partial charge in [-0.15, -0.1) is 16.4 Å². The molecule has 1 aliphatic heterocycles. The molecule has 0 saturated carbocycles. The average Bonchev–Trinajstić information content (AvgIpc) is 3.34. The second-order valence-electron chi connectivity index (χ2n) is 8.32. The molecule has 1 amide bonds. The van der Waals surface area contributed by atoms with Crippen molar-refractivity contribution in [2.24, 2.45) is 5.92 Å².